The lowest BCUT2D eigenvalue weighted by Crippen LogP contribution is -2.51. The number of hydrogen-bond acceptors (Lipinski definition) is 6. The van der Waals surface area contributed by atoms with Gasteiger partial charge in [-0.15, -0.1) is 0 Å². The molecular formula is C22H32N2O6. The van der Waals surface area contributed by atoms with Crippen LogP contribution in [0, 0.1) is 0 Å². The van der Waals surface area contributed by atoms with E-state index in [4.69, 9.17) is 14.2 Å². The molecular weight excluding hydrogens is 388 g/mol. The molecule has 2 rings (SSSR count). The second kappa shape index (κ2) is 11.0. The maximum atomic E-state index is 12.7. The summed E-state index contributed by atoms with van der Waals surface area (Å²) in [6.45, 7) is 7.95. The van der Waals surface area contributed by atoms with Crippen molar-refractivity contribution in [2.45, 2.75) is 64.9 Å². The monoisotopic (exact) mass is 420 g/mol. The first-order chi connectivity index (χ1) is 14.1. The number of ether oxygens (including phenoxy) is 3. The topological polar surface area (TPSA) is 94.2 Å². The molecule has 0 bridgehead atoms. The number of nitrogens with one attached hydrogen (secondary N) is 1. The van der Waals surface area contributed by atoms with E-state index in [0.29, 0.717) is 13.1 Å². The number of carbonyl (C=O) groups excluding carboxylic acids is 3. The highest BCUT2D eigenvalue weighted by molar-refractivity contribution is 5.85. The molecule has 0 aromatic heterocycles. The number of alkyl carbamates (subject to hydrolysis) is 1. The Labute approximate surface area is 177 Å². The van der Waals surface area contributed by atoms with Gasteiger partial charge in [-0.2, -0.15) is 0 Å². The molecule has 1 fully saturated rings. The van der Waals surface area contributed by atoms with Crippen molar-refractivity contribution in [1.82, 2.24) is 10.2 Å². The van der Waals surface area contributed by atoms with Crippen LogP contribution in [-0.2, 0) is 30.4 Å². The van der Waals surface area contributed by atoms with Gasteiger partial charge in [0.2, 0.25) is 5.91 Å². The first-order valence-electron chi connectivity index (χ1n) is 10.2. The average Bonchev–Trinajstić information content (AvgIpc) is 2.70. The number of carbonyl (C=O) groups is 3. The molecule has 2 amide bonds. The molecule has 0 saturated carbocycles. The second-order valence-electron chi connectivity index (χ2n) is 8.37. The smallest absolute Gasteiger partial charge is 0.408 e. The van der Waals surface area contributed by atoms with Gasteiger partial charge in [0.15, 0.2) is 0 Å². The Balaban J connectivity index is 1.75. The molecule has 0 aliphatic carbocycles. The molecule has 8 nitrogen and oxygen atoms in total. The predicted molar refractivity (Wildman–Crippen MR) is 111 cm³/mol. The molecule has 1 aromatic carbocycles. The van der Waals surface area contributed by atoms with E-state index in [-0.39, 0.29) is 25.2 Å². The minimum absolute atomic E-state index is 0.137. The van der Waals surface area contributed by atoms with Gasteiger partial charge in [0.05, 0.1) is 6.10 Å². The van der Waals surface area contributed by atoms with E-state index in [1.807, 2.05) is 30.3 Å². The first kappa shape index (κ1) is 23.7. The van der Waals surface area contributed by atoms with E-state index in [0.717, 1.165) is 18.4 Å². The Hall–Kier alpha value is -2.61. The fourth-order valence-corrected chi connectivity index (χ4v) is 3.11. The Kier molecular flexibility index (Phi) is 8.65. The fraction of sp³-hybridized carbons (Fsp3) is 0.591. The predicted octanol–water partition coefficient (Wildman–Crippen LogP) is 2.65. The standard InChI is InChI=1S/C22H32N2O6/c1-16(23-21(27)29-14-17-9-6-5-7-10-17)20(26)24-12-8-11-18(13-24)28-15-19(25)30-22(2,3)4/h5-7,9-10,16,18H,8,11-15H2,1-4H3,(H,23,27)/t16-,18?/m0/s1. The molecule has 1 unspecified atom stereocenters. The summed E-state index contributed by atoms with van der Waals surface area (Å²) >= 11 is 0. The van der Waals surface area contributed by atoms with Crippen LogP contribution in [0.15, 0.2) is 30.3 Å². The highest BCUT2D eigenvalue weighted by Gasteiger charge is 2.29. The van der Waals surface area contributed by atoms with Gasteiger partial charge in [-0.3, -0.25) is 4.79 Å². The number of esters is 1. The molecule has 1 heterocycles. The van der Waals surface area contributed by atoms with Crippen LogP contribution < -0.4 is 5.32 Å². The van der Waals surface area contributed by atoms with Gasteiger partial charge in [-0.05, 0) is 46.1 Å². The molecule has 1 aliphatic rings. The Morgan fingerprint density at radius 2 is 1.90 bits per heavy atom. The van der Waals surface area contributed by atoms with Crippen LogP contribution in [0.2, 0.25) is 0 Å². The maximum Gasteiger partial charge on any atom is 0.408 e. The van der Waals surface area contributed by atoms with Crippen molar-refractivity contribution in [3.05, 3.63) is 35.9 Å². The summed E-state index contributed by atoms with van der Waals surface area (Å²) in [6.07, 6.45) is 0.630. The second-order valence-corrected chi connectivity index (χ2v) is 8.37. The maximum absolute atomic E-state index is 12.7. The van der Waals surface area contributed by atoms with Crippen LogP contribution in [0.5, 0.6) is 0 Å². The van der Waals surface area contributed by atoms with E-state index < -0.39 is 23.7 Å². The van der Waals surface area contributed by atoms with Gasteiger partial charge in [0.25, 0.3) is 0 Å². The van der Waals surface area contributed by atoms with Crippen molar-refractivity contribution in [3.63, 3.8) is 0 Å². The van der Waals surface area contributed by atoms with Crippen molar-refractivity contribution in [2.75, 3.05) is 19.7 Å². The molecule has 0 radical (unpaired) electrons. The third-order valence-electron chi connectivity index (χ3n) is 4.46. The average molecular weight is 421 g/mol. The molecule has 2 atom stereocenters. The van der Waals surface area contributed by atoms with Gasteiger partial charge < -0.3 is 24.4 Å². The number of piperidine rings is 1. The van der Waals surface area contributed by atoms with E-state index in [1.165, 1.54) is 0 Å². The lowest BCUT2D eigenvalue weighted by molar-refractivity contribution is -0.163. The number of amides is 2. The Morgan fingerprint density at radius 3 is 2.57 bits per heavy atom. The van der Waals surface area contributed by atoms with Gasteiger partial charge in [0, 0.05) is 13.1 Å². The normalized spacial score (nSPS) is 17.7. The zero-order valence-corrected chi connectivity index (χ0v) is 18.2. The molecule has 0 spiro atoms. The minimum Gasteiger partial charge on any atom is -0.458 e. The number of likely N-dealkylation sites (tertiary alicyclic amines) is 1. The molecule has 1 aromatic rings. The van der Waals surface area contributed by atoms with E-state index in [2.05, 4.69) is 5.32 Å². The summed E-state index contributed by atoms with van der Waals surface area (Å²) in [6, 6.07) is 8.59. The zero-order valence-electron chi connectivity index (χ0n) is 18.2. The van der Waals surface area contributed by atoms with Gasteiger partial charge >= 0.3 is 12.1 Å². The Morgan fingerprint density at radius 1 is 1.20 bits per heavy atom. The summed E-state index contributed by atoms with van der Waals surface area (Å²) in [5.41, 5.74) is 0.304. The van der Waals surface area contributed by atoms with E-state index in [1.54, 1.807) is 32.6 Å². The highest BCUT2D eigenvalue weighted by Crippen LogP contribution is 2.15. The molecule has 1 aliphatic heterocycles. The molecule has 30 heavy (non-hydrogen) atoms. The van der Waals surface area contributed by atoms with Crippen LogP contribution >= 0.6 is 0 Å². The van der Waals surface area contributed by atoms with Crippen molar-refractivity contribution in [3.8, 4) is 0 Å². The number of rotatable bonds is 7. The fourth-order valence-electron chi connectivity index (χ4n) is 3.11. The quantitative estimate of drug-likeness (QED) is 0.682. The van der Waals surface area contributed by atoms with Crippen molar-refractivity contribution in [1.29, 1.82) is 0 Å². The molecule has 8 heteroatoms. The molecule has 1 saturated heterocycles. The van der Waals surface area contributed by atoms with Crippen LogP contribution in [0.25, 0.3) is 0 Å². The summed E-state index contributed by atoms with van der Waals surface area (Å²) in [5, 5.41) is 2.57. The molecule has 1 N–H and O–H groups in total. The lowest BCUT2D eigenvalue weighted by atomic mass is 10.1. The number of benzene rings is 1. The SMILES string of the molecule is C[C@H](NC(=O)OCc1ccccc1)C(=O)N1CCCC(OCC(=O)OC(C)(C)C)C1. The Bertz CT molecular complexity index is 716. The van der Waals surface area contributed by atoms with Crippen LogP contribution in [0.3, 0.4) is 0 Å². The lowest BCUT2D eigenvalue weighted by Gasteiger charge is -2.34. The zero-order chi connectivity index (χ0) is 22.1. The minimum atomic E-state index is -0.724. The van der Waals surface area contributed by atoms with Gasteiger partial charge in [0.1, 0.15) is 24.9 Å². The van der Waals surface area contributed by atoms with Crippen molar-refractivity contribution < 1.29 is 28.6 Å². The molecule has 166 valence electrons. The van der Waals surface area contributed by atoms with Crippen LogP contribution in [0.1, 0.15) is 46.1 Å². The van der Waals surface area contributed by atoms with Crippen molar-refractivity contribution in [2.24, 2.45) is 0 Å². The summed E-state index contributed by atoms with van der Waals surface area (Å²) < 4.78 is 16.0. The van der Waals surface area contributed by atoms with E-state index in [9.17, 15) is 14.4 Å². The first-order valence-corrected chi connectivity index (χ1v) is 10.2. The number of nitrogens with zero attached hydrogens (tertiary/aromatic N) is 1. The number of hydrogen-bond donors (Lipinski definition) is 1. The summed E-state index contributed by atoms with van der Waals surface area (Å²) in [5.74, 6) is -0.639. The van der Waals surface area contributed by atoms with Crippen LogP contribution in [0.4, 0.5) is 4.79 Å². The summed E-state index contributed by atoms with van der Waals surface area (Å²) in [7, 11) is 0. The summed E-state index contributed by atoms with van der Waals surface area (Å²) in [4.78, 5) is 38.1. The third-order valence-corrected chi connectivity index (χ3v) is 4.46. The van der Waals surface area contributed by atoms with Gasteiger partial charge in [-0.1, -0.05) is 30.3 Å². The largest absolute Gasteiger partial charge is 0.458 e. The van der Waals surface area contributed by atoms with Gasteiger partial charge in [-0.25, -0.2) is 9.59 Å². The highest BCUT2D eigenvalue weighted by atomic mass is 16.6. The van der Waals surface area contributed by atoms with Crippen LogP contribution in [-0.4, -0.2) is 60.3 Å². The third kappa shape index (κ3) is 8.41. The van der Waals surface area contributed by atoms with E-state index >= 15 is 0 Å². The van der Waals surface area contributed by atoms with Crippen molar-refractivity contribution >= 4 is 18.0 Å².